The molecule has 0 radical (unpaired) electrons. The van der Waals surface area contributed by atoms with Gasteiger partial charge in [-0.2, -0.15) is 0 Å². The van der Waals surface area contributed by atoms with Crippen molar-refractivity contribution >= 4 is 34.8 Å². The Hall–Kier alpha value is -2.33. The average Bonchev–Trinajstić information content (AvgIpc) is 2.89. The molecule has 1 aliphatic heterocycles. The van der Waals surface area contributed by atoms with Gasteiger partial charge in [-0.05, 0) is 42.8 Å². The molecule has 1 fully saturated rings. The van der Waals surface area contributed by atoms with E-state index in [0.29, 0.717) is 11.6 Å². The van der Waals surface area contributed by atoms with Crippen LogP contribution < -0.4 is 10.2 Å². The molecule has 1 saturated heterocycles. The summed E-state index contributed by atoms with van der Waals surface area (Å²) in [6.07, 6.45) is 0.212. The van der Waals surface area contributed by atoms with Crippen LogP contribution in [0.1, 0.15) is 12.0 Å². The lowest BCUT2D eigenvalue weighted by molar-refractivity contribution is -0.122. The number of benzene rings is 2. The molecule has 118 valence electrons. The molecule has 0 aliphatic carbocycles. The number of anilines is 2. The van der Waals surface area contributed by atoms with Crippen molar-refractivity contribution in [2.45, 2.75) is 13.3 Å². The molecule has 1 atom stereocenters. The first-order valence-corrected chi connectivity index (χ1v) is 7.84. The van der Waals surface area contributed by atoms with Gasteiger partial charge in [0.2, 0.25) is 11.8 Å². The Morgan fingerprint density at radius 1 is 1.22 bits per heavy atom. The van der Waals surface area contributed by atoms with Gasteiger partial charge in [-0.1, -0.05) is 29.8 Å². The minimum absolute atomic E-state index is 0.0586. The van der Waals surface area contributed by atoms with Gasteiger partial charge in [0.1, 0.15) is 0 Å². The normalized spacial score (nSPS) is 17.4. The van der Waals surface area contributed by atoms with Crippen LogP contribution in [-0.2, 0) is 9.59 Å². The first kappa shape index (κ1) is 15.6. The number of hydrogen-bond acceptors (Lipinski definition) is 2. The zero-order valence-electron chi connectivity index (χ0n) is 12.8. The largest absolute Gasteiger partial charge is 0.326 e. The Bertz CT molecular complexity index is 760. The van der Waals surface area contributed by atoms with Gasteiger partial charge in [-0.3, -0.25) is 9.59 Å². The molecule has 2 aromatic rings. The van der Waals surface area contributed by atoms with Gasteiger partial charge in [0, 0.05) is 29.4 Å². The van der Waals surface area contributed by atoms with Crippen LogP contribution >= 0.6 is 11.6 Å². The van der Waals surface area contributed by atoms with Gasteiger partial charge < -0.3 is 10.2 Å². The number of nitrogens with one attached hydrogen (secondary N) is 1. The second-order valence-electron chi connectivity index (χ2n) is 5.74. The van der Waals surface area contributed by atoms with Crippen molar-refractivity contribution in [3.8, 4) is 0 Å². The third-order valence-corrected chi connectivity index (χ3v) is 4.14. The van der Waals surface area contributed by atoms with Gasteiger partial charge in [-0.15, -0.1) is 0 Å². The summed E-state index contributed by atoms with van der Waals surface area (Å²) < 4.78 is 0. The minimum Gasteiger partial charge on any atom is -0.326 e. The molecular formula is C18H17ClN2O2. The Balaban J connectivity index is 1.70. The molecule has 0 spiro atoms. The van der Waals surface area contributed by atoms with E-state index in [2.05, 4.69) is 5.32 Å². The first-order valence-electron chi connectivity index (χ1n) is 7.46. The molecule has 3 rings (SSSR count). The Morgan fingerprint density at radius 3 is 2.74 bits per heavy atom. The van der Waals surface area contributed by atoms with E-state index in [1.807, 2.05) is 37.3 Å². The van der Waals surface area contributed by atoms with Crippen LogP contribution in [-0.4, -0.2) is 18.4 Å². The van der Waals surface area contributed by atoms with Crippen molar-refractivity contribution in [3.63, 3.8) is 0 Å². The lowest BCUT2D eigenvalue weighted by atomic mass is 10.1. The lowest BCUT2D eigenvalue weighted by Gasteiger charge is -2.17. The van der Waals surface area contributed by atoms with Crippen LogP contribution in [0.2, 0.25) is 5.02 Å². The highest BCUT2D eigenvalue weighted by Gasteiger charge is 2.35. The SMILES string of the molecule is Cc1cccc(NC(=O)[C@@H]2CC(=O)N(c3cccc(Cl)c3)C2)c1. The van der Waals surface area contributed by atoms with Crippen molar-refractivity contribution in [3.05, 3.63) is 59.1 Å². The highest BCUT2D eigenvalue weighted by atomic mass is 35.5. The quantitative estimate of drug-likeness (QED) is 0.935. The molecule has 1 heterocycles. The highest BCUT2D eigenvalue weighted by Crippen LogP contribution is 2.27. The summed E-state index contributed by atoms with van der Waals surface area (Å²) in [7, 11) is 0. The molecular weight excluding hydrogens is 312 g/mol. The fraction of sp³-hybridized carbons (Fsp3) is 0.222. The number of aryl methyl sites for hydroxylation is 1. The van der Waals surface area contributed by atoms with Gasteiger partial charge >= 0.3 is 0 Å². The molecule has 0 saturated carbocycles. The van der Waals surface area contributed by atoms with Crippen LogP contribution in [0, 0.1) is 12.8 Å². The minimum atomic E-state index is -0.359. The lowest BCUT2D eigenvalue weighted by Crippen LogP contribution is -2.28. The van der Waals surface area contributed by atoms with E-state index >= 15 is 0 Å². The third kappa shape index (κ3) is 3.54. The highest BCUT2D eigenvalue weighted by molar-refractivity contribution is 6.31. The molecule has 2 aromatic carbocycles. The van der Waals surface area contributed by atoms with Crippen LogP contribution in [0.3, 0.4) is 0 Å². The third-order valence-electron chi connectivity index (χ3n) is 3.90. The number of amides is 2. The zero-order valence-corrected chi connectivity index (χ0v) is 13.5. The predicted molar refractivity (Wildman–Crippen MR) is 91.7 cm³/mol. The fourth-order valence-electron chi connectivity index (χ4n) is 2.74. The fourth-order valence-corrected chi connectivity index (χ4v) is 2.93. The summed E-state index contributed by atoms with van der Waals surface area (Å²) in [5, 5.41) is 3.46. The van der Waals surface area contributed by atoms with Gasteiger partial charge in [0.25, 0.3) is 0 Å². The van der Waals surface area contributed by atoms with E-state index in [-0.39, 0.29) is 24.2 Å². The molecule has 5 heteroatoms. The summed E-state index contributed by atoms with van der Waals surface area (Å²) >= 11 is 5.97. The number of halogens is 1. The van der Waals surface area contributed by atoms with Crippen molar-refractivity contribution in [1.29, 1.82) is 0 Å². The van der Waals surface area contributed by atoms with Crippen LogP contribution in [0.5, 0.6) is 0 Å². The average molecular weight is 329 g/mol. The molecule has 2 amide bonds. The monoisotopic (exact) mass is 328 g/mol. The Kier molecular flexibility index (Phi) is 4.35. The van der Waals surface area contributed by atoms with E-state index in [4.69, 9.17) is 11.6 Å². The maximum Gasteiger partial charge on any atom is 0.229 e. The maximum atomic E-state index is 12.4. The second kappa shape index (κ2) is 6.42. The number of nitrogens with zero attached hydrogens (tertiary/aromatic N) is 1. The topological polar surface area (TPSA) is 49.4 Å². The van der Waals surface area contributed by atoms with E-state index < -0.39 is 0 Å². The summed E-state index contributed by atoms with van der Waals surface area (Å²) in [4.78, 5) is 26.2. The Labute approximate surface area is 140 Å². The van der Waals surface area contributed by atoms with E-state index in [1.54, 1.807) is 23.1 Å². The summed E-state index contributed by atoms with van der Waals surface area (Å²) in [6, 6.07) is 14.7. The predicted octanol–water partition coefficient (Wildman–Crippen LogP) is 3.64. The summed E-state index contributed by atoms with van der Waals surface area (Å²) in [5.74, 6) is -0.549. The molecule has 0 bridgehead atoms. The van der Waals surface area contributed by atoms with Crippen LogP contribution in [0.25, 0.3) is 0 Å². The van der Waals surface area contributed by atoms with Crippen molar-refractivity contribution < 1.29 is 9.59 Å². The molecule has 1 aliphatic rings. The maximum absolute atomic E-state index is 12.4. The molecule has 4 nitrogen and oxygen atoms in total. The molecule has 1 N–H and O–H groups in total. The van der Waals surface area contributed by atoms with E-state index in [0.717, 1.165) is 16.9 Å². The van der Waals surface area contributed by atoms with Gasteiger partial charge in [-0.25, -0.2) is 0 Å². The first-order chi connectivity index (χ1) is 11.0. The van der Waals surface area contributed by atoms with Gasteiger partial charge in [0.15, 0.2) is 0 Å². The molecule has 0 aromatic heterocycles. The summed E-state index contributed by atoms with van der Waals surface area (Å²) in [5.41, 5.74) is 2.56. The van der Waals surface area contributed by atoms with Crippen LogP contribution in [0.15, 0.2) is 48.5 Å². The van der Waals surface area contributed by atoms with Crippen molar-refractivity contribution in [2.75, 3.05) is 16.8 Å². The smallest absolute Gasteiger partial charge is 0.229 e. The number of carbonyl (C=O) groups excluding carboxylic acids is 2. The number of rotatable bonds is 3. The zero-order chi connectivity index (χ0) is 16.4. The van der Waals surface area contributed by atoms with Crippen molar-refractivity contribution in [1.82, 2.24) is 0 Å². The second-order valence-corrected chi connectivity index (χ2v) is 6.18. The Morgan fingerprint density at radius 2 is 2.00 bits per heavy atom. The van der Waals surface area contributed by atoms with E-state index in [9.17, 15) is 9.59 Å². The van der Waals surface area contributed by atoms with Crippen molar-refractivity contribution in [2.24, 2.45) is 5.92 Å². The molecule has 0 unspecified atom stereocenters. The summed E-state index contributed by atoms with van der Waals surface area (Å²) in [6.45, 7) is 2.34. The van der Waals surface area contributed by atoms with Crippen LogP contribution in [0.4, 0.5) is 11.4 Å². The molecule has 23 heavy (non-hydrogen) atoms. The number of carbonyl (C=O) groups is 2. The van der Waals surface area contributed by atoms with E-state index in [1.165, 1.54) is 0 Å². The van der Waals surface area contributed by atoms with Gasteiger partial charge in [0.05, 0.1) is 5.92 Å². The standard InChI is InChI=1S/C18H17ClN2O2/c1-12-4-2-6-15(8-12)20-18(23)13-9-17(22)21(11-13)16-7-3-5-14(19)10-16/h2-8,10,13H,9,11H2,1H3,(H,20,23)/t13-/m1/s1. The number of hydrogen-bond donors (Lipinski definition) is 1.